The van der Waals surface area contributed by atoms with Gasteiger partial charge in [0.1, 0.15) is 17.9 Å². The Morgan fingerprint density at radius 1 is 1.14 bits per heavy atom. The SMILES string of the molecule is O=S(Cc1cc(OCc2ccc(C(F)(F)F)cc2)ccn1)c1nc2cscc2[nH]1. The van der Waals surface area contributed by atoms with E-state index in [1.807, 2.05) is 10.8 Å². The molecule has 10 heteroatoms. The van der Waals surface area contributed by atoms with Crippen LogP contribution in [0.1, 0.15) is 16.8 Å². The number of hydrogen-bond acceptors (Lipinski definition) is 5. The summed E-state index contributed by atoms with van der Waals surface area (Å²) in [5.41, 5.74) is 2.09. The van der Waals surface area contributed by atoms with Crippen LogP contribution in [0.25, 0.3) is 11.0 Å². The second-order valence-electron chi connectivity index (χ2n) is 6.17. The predicted octanol–water partition coefficient (Wildman–Crippen LogP) is 4.93. The highest BCUT2D eigenvalue weighted by molar-refractivity contribution is 7.84. The summed E-state index contributed by atoms with van der Waals surface area (Å²) in [5, 5.41) is 4.16. The number of H-pyrrole nitrogens is 1. The average Bonchev–Trinajstić information content (AvgIpc) is 3.28. The third-order valence-corrected chi connectivity index (χ3v) is 5.99. The zero-order chi connectivity index (χ0) is 20.4. The number of nitrogens with zero attached hydrogens (tertiary/aromatic N) is 2. The third-order valence-electron chi connectivity index (χ3n) is 4.07. The van der Waals surface area contributed by atoms with Crippen LogP contribution in [-0.2, 0) is 29.3 Å². The van der Waals surface area contributed by atoms with Crippen molar-refractivity contribution in [3.63, 3.8) is 0 Å². The topological polar surface area (TPSA) is 67.9 Å². The standard InChI is InChI=1S/C19H14F3N3O2S2/c20-19(21,22)13-3-1-12(2-4-13)8-27-15-5-6-23-14(7-15)11-29(26)18-24-16-9-28-10-17(16)25-18/h1-7,9-10H,8,11H2,(H,24,25). The van der Waals surface area contributed by atoms with E-state index < -0.39 is 22.5 Å². The number of imidazole rings is 1. The van der Waals surface area contributed by atoms with Crippen molar-refractivity contribution in [2.24, 2.45) is 0 Å². The van der Waals surface area contributed by atoms with Gasteiger partial charge in [-0.15, -0.1) is 11.3 Å². The Bertz CT molecular complexity index is 1120. The molecule has 150 valence electrons. The number of halogens is 3. The smallest absolute Gasteiger partial charge is 0.416 e. The van der Waals surface area contributed by atoms with Crippen molar-refractivity contribution < 1.29 is 22.1 Å². The molecule has 0 saturated carbocycles. The van der Waals surface area contributed by atoms with Gasteiger partial charge in [-0.05, 0) is 23.8 Å². The maximum Gasteiger partial charge on any atom is 0.416 e. The number of ether oxygens (including phenoxy) is 1. The molecule has 1 N–H and O–H groups in total. The second kappa shape index (κ2) is 7.96. The molecule has 1 unspecified atom stereocenters. The van der Waals surface area contributed by atoms with Gasteiger partial charge in [-0.1, -0.05) is 12.1 Å². The summed E-state index contributed by atoms with van der Waals surface area (Å²) in [6.45, 7) is 0.110. The van der Waals surface area contributed by atoms with E-state index in [0.717, 1.165) is 23.2 Å². The monoisotopic (exact) mass is 437 g/mol. The first-order valence-corrected chi connectivity index (χ1v) is 10.7. The van der Waals surface area contributed by atoms with Gasteiger partial charge in [0, 0.05) is 23.0 Å². The van der Waals surface area contributed by atoms with Crippen LogP contribution in [0.2, 0.25) is 0 Å². The minimum Gasteiger partial charge on any atom is -0.489 e. The molecule has 0 aliphatic carbocycles. The number of hydrogen-bond donors (Lipinski definition) is 1. The largest absolute Gasteiger partial charge is 0.489 e. The van der Waals surface area contributed by atoms with Crippen molar-refractivity contribution in [2.75, 3.05) is 0 Å². The summed E-state index contributed by atoms with van der Waals surface area (Å²) in [4.78, 5) is 11.5. The van der Waals surface area contributed by atoms with Gasteiger partial charge in [-0.2, -0.15) is 13.2 Å². The molecule has 0 aliphatic rings. The Balaban J connectivity index is 1.39. The van der Waals surface area contributed by atoms with Gasteiger partial charge < -0.3 is 9.72 Å². The number of fused-ring (bicyclic) bond motifs is 1. The summed E-state index contributed by atoms with van der Waals surface area (Å²) >= 11 is 1.51. The van der Waals surface area contributed by atoms with Crippen molar-refractivity contribution in [1.29, 1.82) is 0 Å². The lowest BCUT2D eigenvalue weighted by Crippen LogP contribution is -2.05. The molecule has 4 aromatic rings. The molecule has 0 fully saturated rings. The van der Waals surface area contributed by atoms with Gasteiger partial charge in [-0.3, -0.25) is 9.19 Å². The Morgan fingerprint density at radius 2 is 1.93 bits per heavy atom. The second-order valence-corrected chi connectivity index (χ2v) is 8.28. The molecule has 0 amide bonds. The summed E-state index contributed by atoms with van der Waals surface area (Å²) in [7, 11) is -1.39. The number of benzene rings is 1. The van der Waals surface area contributed by atoms with Crippen LogP contribution in [0.3, 0.4) is 0 Å². The zero-order valence-electron chi connectivity index (χ0n) is 14.8. The maximum atomic E-state index is 12.6. The molecule has 29 heavy (non-hydrogen) atoms. The molecule has 3 heterocycles. The fourth-order valence-electron chi connectivity index (χ4n) is 2.61. The Labute approximate surface area is 170 Å². The van der Waals surface area contributed by atoms with Crippen LogP contribution in [0.15, 0.2) is 58.5 Å². The molecule has 3 aromatic heterocycles. The molecular weight excluding hydrogens is 423 g/mol. The number of alkyl halides is 3. The molecule has 0 saturated heterocycles. The van der Waals surface area contributed by atoms with Gasteiger partial charge >= 0.3 is 6.18 Å². The molecule has 5 nitrogen and oxygen atoms in total. The lowest BCUT2D eigenvalue weighted by atomic mass is 10.1. The Hall–Kier alpha value is -2.72. The van der Waals surface area contributed by atoms with Crippen LogP contribution in [-0.4, -0.2) is 19.2 Å². The molecule has 0 aliphatic heterocycles. The van der Waals surface area contributed by atoms with Crippen LogP contribution in [0.5, 0.6) is 5.75 Å². The van der Waals surface area contributed by atoms with E-state index in [9.17, 15) is 17.4 Å². The van der Waals surface area contributed by atoms with Gasteiger partial charge in [-0.25, -0.2) is 4.98 Å². The number of nitrogens with one attached hydrogen (secondary N) is 1. The van der Waals surface area contributed by atoms with E-state index in [-0.39, 0.29) is 12.4 Å². The van der Waals surface area contributed by atoms with E-state index in [2.05, 4.69) is 15.0 Å². The highest BCUT2D eigenvalue weighted by Crippen LogP contribution is 2.29. The molecular formula is C19H14F3N3O2S2. The first-order chi connectivity index (χ1) is 13.9. The average molecular weight is 437 g/mol. The van der Waals surface area contributed by atoms with Crippen LogP contribution >= 0.6 is 11.3 Å². The van der Waals surface area contributed by atoms with Gasteiger partial charge in [0.15, 0.2) is 5.16 Å². The minimum absolute atomic E-state index is 0.110. The fourth-order valence-corrected chi connectivity index (χ4v) is 4.29. The van der Waals surface area contributed by atoms with Crippen LogP contribution in [0.4, 0.5) is 13.2 Å². The minimum atomic E-state index is -4.36. The van der Waals surface area contributed by atoms with E-state index in [1.54, 1.807) is 12.1 Å². The normalized spacial score (nSPS) is 12.9. The highest BCUT2D eigenvalue weighted by Gasteiger charge is 2.29. The third kappa shape index (κ3) is 4.65. The first-order valence-electron chi connectivity index (χ1n) is 8.42. The Kier molecular flexibility index (Phi) is 5.37. The Morgan fingerprint density at radius 3 is 2.66 bits per heavy atom. The quantitative estimate of drug-likeness (QED) is 0.465. The number of aromatic amines is 1. The lowest BCUT2D eigenvalue weighted by Gasteiger charge is -2.09. The van der Waals surface area contributed by atoms with Crippen molar-refractivity contribution in [2.45, 2.75) is 23.7 Å². The summed E-state index contributed by atoms with van der Waals surface area (Å²) in [6.07, 6.45) is -2.83. The summed E-state index contributed by atoms with van der Waals surface area (Å²) in [5.74, 6) is 0.656. The maximum absolute atomic E-state index is 12.6. The van der Waals surface area contributed by atoms with Crippen LogP contribution in [0, 0.1) is 0 Å². The summed E-state index contributed by atoms with van der Waals surface area (Å²) in [6, 6.07) is 8.10. The predicted molar refractivity (Wildman–Crippen MR) is 104 cm³/mol. The van der Waals surface area contributed by atoms with Crippen molar-refractivity contribution in [1.82, 2.24) is 15.0 Å². The number of aromatic nitrogens is 3. The van der Waals surface area contributed by atoms with Crippen molar-refractivity contribution in [3.05, 3.63) is 70.2 Å². The van der Waals surface area contributed by atoms with E-state index in [1.165, 1.54) is 29.7 Å². The molecule has 1 aromatic carbocycles. The van der Waals surface area contributed by atoms with Gasteiger partial charge in [0.05, 0.1) is 33.3 Å². The molecule has 0 spiro atoms. The first kappa shape index (κ1) is 19.6. The van der Waals surface area contributed by atoms with E-state index in [0.29, 0.717) is 22.2 Å². The summed E-state index contributed by atoms with van der Waals surface area (Å²) < 4.78 is 56.0. The van der Waals surface area contributed by atoms with Gasteiger partial charge in [0.25, 0.3) is 0 Å². The van der Waals surface area contributed by atoms with E-state index in [4.69, 9.17) is 4.74 Å². The number of pyridine rings is 1. The molecule has 0 radical (unpaired) electrons. The number of thiophene rings is 1. The van der Waals surface area contributed by atoms with Crippen molar-refractivity contribution >= 4 is 33.2 Å². The zero-order valence-corrected chi connectivity index (χ0v) is 16.4. The van der Waals surface area contributed by atoms with Crippen LogP contribution < -0.4 is 4.74 Å². The van der Waals surface area contributed by atoms with Gasteiger partial charge in [0.2, 0.25) is 0 Å². The van der Waals surface area contributed by atoms with Crippen molar-refractivity contribution in [3.8, 4) is 5.75 Å². The number of rotatable bonds is 6. The highest BCUT2D eigenvalue weighted by atomic mass is 32.2. The fraction of sp³-hybridized carbons (Fsp3) is 0.158. The molecule has 4 rings (SSSR count). The molecule has 0 bridgehead atoms. The molecule has 1 atom stereocenters. The lowest BCUT2D eigenvalue weighted by molar-refractivity contribution is -0.137. The van der Waals surface area contributed by atoms with E-state index >= 15 is 0 Å².